The quantitative estimate of drug-likeness (QED) is 0.211. The lowest BCUT2D eigenvalue weighted by Crippen LogP contribution is -2.33. The second-order valence-electron chi connectivity index (χ2n) is 12.0. The molecule has 0 aliphatic heterocycles. The molecule has 4 aromatic rings. The van der Waals surface area contributed by atoms with Gasteiger partial charge in [0.2, 0.25) is 0 Å². The molecule has 0 saturated heterocycles. The summed E-state index contributed by atoms with van der Waals surface area (Å²) in [6.45, 7) is 0.918. The van der Waals surface area contributed by atoms with Gasteiger partial charge in [-0.2, -0.15) is 5.26 Å². The first-order valence-corrected chi connectivity index (χ1v) is 15.5. The summed E-state index contributed by atoms with van der Waals surface area (Å²) in [6, 6.07) is 21.2. The van der Waals surface area contributed by atoms with Crippen LogP contribution >= 0.6 is 11.6 Å². The first kappa shape index (κ1) is 27.9. The minimum absolute atomic E-state index is 0.207. The van der Waals surface area contributed by atoms with Crippen LogP contribution in [0.5, 0.6) is 11.5 Å². The van der Waals surface area contributed by atoms with Crippen LogP contribution in [0, 0.1) is 29.0 Å². The van der Waals surface area contributed by atoms with E-state index in [1.165, 1.54) is 31.7 Å². The third kappa shape index (κ3) is 5.72. The number of pyridine rings is 1. The molecule has 43 heavy (non-hydrogen) atoms. The van der Waals surface area contributed by atoms with E-state index >= 15 is 0 Å². The molecule has 2 fully saturated rings. The van der Waals surface area contributed by atoms with Crippen molar-refractivity contribution in [2.24, 2.45) is 11.8 Å². The predicted octanol–water partition coefficient (Wildman–Crippen LogP) is 8.34. The number of benzene rings is 3. The highest BCUT2D eigenvalue weighted by atomic mass is 35.5. The van der Waals surface area contributed by atoms with Crippen LogP contribution in [0.25, 0.3) is 11.1 Å². The van der Waals surface area contributed by atoms with Crippen molar-refractivity contribution in [3.8, 4) is 28.7 Å². The van der Waals surface area contributed by atoms with Crippen molar-refractivity contribution >= 4 is 11.6 Å². The molecule has 0 spiro atoms. The Morgan fingerprint density at radius 3 is 2.67 bits per heavy atom. The number of hydrogen-bond donors (Lipinski definition) is 1. The van der Waals surface area contributed by atoms with Crippen LogP contribution in [-0.4, -0.2) is 11.0 Å². The molecule has 2 saturated carbocycles. The summed E-state index contributed by atoms with van der Waals surface area (Å²) < 4.78 is 27.6. The van der Waals surface area contributed by atoms with Gasteiger partial charge in [0.05, 0.1) is 10.6 Å². The summed E-state index contributed by atoms with van der Waals surface area (Å²) in [5, 5.41) is 13.6. The normalized spacial score (nSPS) is 21.9. The molecule has 7 rings (SSSR count). The van der Waals surface area contributed by atoms with Crippen molar-refractivity contribution in [3.05, 3.63) is 112 Å². The Bertz CT molecular complexity index is 1700. The van der Waals surface area contributed by atoms with E-state index in [1.54, 1.807) is 24.5 Å². The first-order valence-electron chi connectivity index (χ1n) is 15.1. The number of fused-ring (bicyclic) bond motifs is 3. The van der Waals surface area contributed by atoms with Crippen LogP contribution in [0.2, 0.25) is 5.02 Å². The van der Waals surface area contributed by atoms with E-state index < -0.39 is 0 Å². The number of ether oxygens (including phenoxy) is 2. The smallest absolute Gasteiger partial charge is 0.142 e. The predicted molar refractivity (Wildman–Crippen MR) is 164 cm³/mol. The lowest BCUT2D eigenvalue weighted by atomic mass is 9.95. The van der Waals surface area contributed by atoms with E-state index in [2.05, 4.69) is 22.4 Å². The topological polar surface area (TPSA) is 67.2 Å². The van der Waals surface area contributed by atoms with Gasteiger partial charge in [0, 0.05) is 47.7 Å². The second kappa shape index (κ2) is 12.0. The molecule has 5 nitrogen and oxygen atoms in total. The van der Waals surface area contributed by atoms with E-state index in [0.29, 0.717) is 40.2 Å². The largest absolute Gasteiger partial charge is 0.488 e. The Kier molecular flexibility index (Phi) is 7.78. The van der Waals surface area contributed by atoms with E-state index in [9.17, 15) is 9.65 Å². The fourth-order valence-electron chi connectivity index (χ4n) is 7.29. The highest BCUT2D eigenvalue weighted by molar-refractivity contribution is 6.32. The molecule has 0 amide bonds. The molecule has 1 N–H and O–H groups in total. The van der Waals surface area contributed by atoms with Crippen LogP contribution < -0.4 is 14.8 Å². The maximum absolute atomic E-state index is 14.7. The SMILES string of the molecule is N#Cc1cncc(COc2cc(O[C@H]3CCc4c(-c5ccccc5F)cccc43)c(Cl)cc2CN[C@H]2C[C@H]3CC[C@@H]2C3)c1. The van der Waals surface area contributed by atoms with Crippen molar-refractivity contribution in [3.63, 3.8) is 0 Å². The number of nitrogens with zero attached hydrogens (tertiary/aromatic N) is 2. The maximum Gasteiger partial charge on any atom is 0.142 e. The Labute approximate surface area is 256 Å². The lowest BCUT2D eigenvalue weighted by molar-refractivity contribution is 0.206. The van der Waals surface area contributed by atoms with Crippen LogP contribution in [0.15, 0.2) is 73.1 Å². The van der Waals surface area contributed by atoms with Gasteiger partial charge in [0.25, 0.3) is 0 Å². The van der Waals surface area contributed by atoms with E-state index in [1.807, 2.05) is 36.4 Å². The molecule has 1 aromatic heterocycles. The molecule has 0 unspecified atom stereocenters. The third-order valence-electron chi connectivity index (χ3n) is 9.38. The average Bonchev–Trinajstić information content (AvgIpc) is 3.77. The molecule has 3 aromatic carbocycles. The van der Waals surface area contributed by atoms with Gasteiger partial charge in [-0.15, -0.1) is 0 Å². The molecule has 7 heteroatoms. The molecule has 0 radical (unpaired) electrons. The Morgan fingerprint density at radius 2 is 1.86 bits per heavy atom. The van der Waals surface area contributed by atoms with Crippen molar-refractivity contribution in [1.29, 1.82) is 5.26 Å². The molecule has 2 bridgehead atoms. The highest BCUT2D eigenvalue weighted by Crippen LogP contribution is 2.46. The zero-order valence-electron chi connectivity index (χ0n) is 23.9. The standard InChI is InChI=1S/C36H33ClFN3O2/c37-31-15-26(20-41-33-14-22-8-9-25(33)13-22)35(42-21-24-12-23(17-39)18-40-19-24)16-36(31)43-34-11-10-28-27(5-3-6-30(28)34)29-4-1-2-7-32(29)38/h1-7,12,15-16,18-19,22,25,33-34,41H,8-11,13-14,20-21H2/t22-,25+,33-,34-/m0/s1. The van der Waals surface area contributed by atoms with Crippen LogP contribution in [0.1, 0.15) is 66.0 Å². The fraction of sp³-hybridized carbons (Fsp3) is 0.333. The van der Waals surface area contributed by atoms with Crippen molar-refractivity contribution in [2.75, 3.05) is 0 Å². The van der Waals surface area contributed by atoms with E-state index in [-0.39, 0.29) is 18.5 Å². The van der Waals surface area contributed by atoms with Crippen LogP contribution in [0.4, 0.5) is 4.39 Å². The minimum Gasteiger partial charge on any atom is -0.488 e. The van der Waals surface area contributed by atoms with Gasteiger partial charge in [-0.05, 0) is 78.8 Å². The number of aromatic nitrogens is 1. The highest BCUT2D eigenvalue weighted by Gasteiger charge is 2.39. The van der Waals surface area contributed by atoms with Crippen molar-refractivity contribution in [1.82, 2.24) is 10.3 Å². The number of nitriles is 1. The number of halogens is 2. The van der Waals surface area contributed by atoms with Gasteiger partial charge < -0.3 is 14.8 Å². The summed E-state index contributed by atoms with van der Waals surface area (Å²) >= 11 is 6.87. The molecule has 1 heterocycles. The molecule has 3 aliphatic carbocycles. The Morgan fingerprint density at radius 1 is 0.977 bits per heavy atom. The van der Waals surface area contributed by atoms with Crippen LogP contribution in [0.3, 0.4) is 0 Å². The Hall–Kier alpha value is -3.92. The summed E-state index contributed by atoms with van der Waals surface area (Å²) in [6.07, 6.45) is 9.84. The van der Waals surface area contributed by atoms with Gasteiger partial charge in [-0.25, -0.2) is 4.39 Å². The number of rotatable bonds is 9. The van der Waals surface area contributed by atoms with Crippen LogP contribution in [-0.2, 0) is 19.6 Å². The van der Waals surface area contributed by atoms with E-state index in [4.69, 9.17) is 21.1 Å². The Balaban J connectivity index is 1.15. The molecule has 3 aliphatic rings. The van der Waals surface area contributed by atoms with Gasteiger partial charge >= 0.3 is 0 Å². The van der Waals surface area contributed by atoms with Crippen molar-refractivity contribution < 1.29 is 13.9 Å². The summed E-state index contributed by atoms with van der Waals surface area (Å²) in [5.74, 6) is 2.62. The molecule has 4 atom stereocenters. The second-order valence-corrected chi connectivity index (χ2v) is 12.4. The van der Waals surface area contributed by atoms with E-state index in [0.717, 1.165) is 52.5 Å². The van der Waals surface area contributed by atoms with Gasteiger partial charge in [0.1, 0.15) is 36.1 Å². The summed E-state index contributed by atoms with van der Waals surface area (Å²) in [4.78, 5) is 4.17. The van der Waals surface area contributed by atoms with Crippen molar-refractivity contribution in [2.45, 2.75) is 63.8 Å². The lowest BCUT2D eigenvalue weighted by Gasteiger charge is -2.24. The van der Waals surface area contributed by atoms with Gasteiger partial charge in [0.15, 0.2) is 0 Å². The summed E-state index contributed by atoms with van der Waals surface area (Å²) in [7, 11) is 0. The maximum atomic E-state index is 14.7. The monoisotopic (exact) mass is 593 g/mol. The fourth-order valence-corrected chi connectivity index (χ4v) is 7.52. The summed E-state index contributed by atoms with van der Waals surface area (Å²) in [5.41, 5.74) is 5.96. The third-order valence-corrected chi connectivity index (χ3v) is 9.67. The van der Waals surface area contributed by atoms with Gasteiger partial charge in [-0.1, -0.05) is 54.4 Å². The zero-order valence-corrected chi connectivity index (χ0v) is 24.6. The molecular weight excluding hydrogens is 561 g/mol. The number of hydrogen-bond acceptors (Lipinski definition) is 5. The molecule has 218 valence electrons. The van der Waals surface area contributed by atoms with Gasteiger partial charge in [-0.3, -0.25) is 4.98 Å². The minimum atomic E-state index is -0.227. The zero-order chi connectivity index (χ0) is 29.3. The average molecular weight is 594 g/mol. The first-order chi connectivity index (χ1) is 21.1. The molecular formula is C36H33ClFN3O2. The number of nitrogens with one attached hydrogen (secondary N) is 1.